The first-order valence-electron chi connectivity index (χ1n) is 7.76. The molecule has 0 aliphatic rings. The molecule has 0 bridgehead atoms. The fraction of sp³-hybridized carbons (Fsp3) is 0.200. The fourth-order valence-corrected chi connectivity index (χ4v) is 2.40. The lowest BCUT2D eigenvalue weighted by Gasteiger charge is -2.11. The summed E-state index contributed by atoms with van der Waals surface area (Å²) in [7, 11) is 0. The summed E-state index contributed by atoms with van der Waals surface area (Å²) < 4.78 is 7.39. The molecule has 1 heterocycles. The number of nitrogens with zero attached hydrogens (tertiary/aromatic N) is 2. The summed E-state index contributed by atoms with van der Waals surface area (Å²) in [6.07, 6.45) is 4.23. The molecular weight excluding hydrogens is 300 g/mol. The Labute approximate surface area is 142 Å². The van der Waals surface area contributed by atoms with Crippen LogP contribution in [0.4, 0.5) is 0 Å². The predicted molar refractivity (Wildman–Crippen MR) is 96.4 cm³/mol. The first-order valence-corrected chi connectivity index (χ1v) is 7.76. The summed E-state index contributed by atoms with van der Waals surface area (Å²) in [6, 6.07) is 9.85. The highest BCUT2D eigenvalue weighted by atomic mass is 16.5. The monoisotopic (exact) mass is 322 g/mol. The number of aromatic nitrogens is 2. The van der Waals surface area contributed by atoms with Gasteiger partial charge in [0.15, 0.2) is 0 Å². The molecule has 0 saturated carbocycles. The van der Waals surface area contributed by atoms with Gasteiger partial charge in [-0.05, 0) is 6.92 Å². The topological polar surface area (TPSA) is 44.1 Å². The zero-order valence-corrected chi connectivity index (χ0v) is 14.0. The molecule has 0 aliphatic heterocycles. The minimum Gasteiger partial charge on any atom is -0.456 e. The van der Waals surface area contributed by atoms with Crippen LogP contribution in [0.2, 0.25) is 0 Å². The van der Waals surface area contributed by atoms with Crippen molar-refractivity contribution >= 4 is 5.97 Å². The highest BCUT2D eigenvalue weighted by Crippen LogP contribution is 2.26. The first-order chi connectivity index (χ1) is 11.6. The van der Waals surface area contributed by atoms with Gasteiger partial charge in [-0.25, -0.2) is 9.78 Å². The zero-order valence-electron chi connectivity index (χ0n) is 14.0. The van der Waals surface area contributed by atoms with Crippen LogP contribution in [0.5, 0.6) is 0 Å². The molecule has 0 fully saturated rings. The maximum Gasteiger partial charge on any atom is 0.333 e. The molecular formula is C20H22N2O2. The molecule has 1 aromatic carbocycles. The third-order valence-corrected chi connectivity index (χ3v) is 3.53. The molecule has 0 saturated heterocycles. The van der Waals surface area contributed by atoms with Crippen molar-refractivity contribution in [1.82, 2.24) is 9.55 Å². The second-order valence-electron chi connectivity index (χ2n) is 5.44. The lowest BCUT2D eigenvalue weighted by molar-refractivity contribution is -0.140. The minimum atomic E-state index is -0.411. The number of carbonyl (C=O) groups is 1. The van der Waals surface area contributed by atoms with Gasteiger partial charge in [0.05, 0.1) is 11.4 Å². The molecule has 2 aromatic rings. The van der Waals surface area contributed by atoms with E-state index in [-0.39, 0.29) is 6.61 Å². The number of ether oxygens (including phenoxy) is 1. The van der Waals surface area contributed by atoms with Gasteiger partial charge < -0.3 is 9.30 Å². The lowest BCUT2D eigenvalue weighted by Crippen LogP contribution is -2.11. The number of imidazole rings is 1. The van der Waals surface area contributed by atoms with Gasteiger partial charge in [0.25, 0.3) is 0 Å². The van der Waals surface area contributed by atoms with Gasteiger partial charge in [0.2, 0.25) is 0 Å². The second-order valence-corrected chi connectivity index (χ2v) is 5.44. The van der Waals surface area contributed by atoms with Gasteiger partial charge in [-0.2, -0.15) is 0 Å². The van der Waals surface area contributed by atoms with Crippen molar-refractivity contribution < 1.29 is 9.53 Å². The number of hydrogen-bond donors (Lipinski definition) is 0. The maximum absolute atomic E-state index is 11.8. The molecule has 124 valence electrons. The van der Waals surface area contributed by atoms with Crippen molar-refractivity contribution in [2.24, 2.45) is 0 Å². The number of esters is 1. The minimum absolute atomic E-state index is 0.133. The van der Waals surface area contributed by atoms with E-state index in [9.17, 15) is 4.79 Å². The Balaban J connectivity index is 2.49. The highest BCUT2D eigenvalue weighted by molar-refractivity contribution is 5.87. The molecule has 0 aliphatic carbocycles. The SMILES string of the molecule is C=CCc1nc(-c2ccccc2)c(COC(=O)C(=C)C)n1CC=C. The number of benzene rings is 1. The Morgan fingerprint density at radius 3 is 2.54 bits per heavy atom. The van der Waals surface area contributed by atoms with Gasteiger partial charge >= 0.3 is 5.97 Å². The molecule has 2 rings (SSSR count). The van der Waals surface area contributed by atoms with E-state index in [4.69, 9.17) is 9.72 Å². The molecule has 0 N–H and O–H groups in total. The standard InChI is InChI=1S/C20H22N2O2/c1-5-10-18-21-19(16-11-8-7-9-12-16)17(22(18)13-6-2)14-24-20(23)15(3)4/h5-9,11-12H,1-3,10,13-14H2,4H3. The van der Waals surface area contributed by atoms with E-state index in [1.54, 1.807) is 19.1 Å². The van der Waals surface area contributed by atoms with Crippen LogP contribution >= 0.6 is 0 Å². The van der Waals surface area contributed by atoms with Crippen molar-refractivity contribution in [3.8, 4) is 11.3 Å². The quantitative estimate of drug-likeness (QED) is 0.418. The summed E-state index contributed by atoms with van der Waals surface area (Å²) in [4.78, 5) is 16.5. The summed E-state index contributed by atoms with van der Waals surface area (Å²) in [6.45, 7) is 13.6. The second kappa shape index (κ2) is 8.11. The average molecular weight is 322 g/mol. The summed E-state index contributed by atoms with van der Waals surface area (Å²) >= 11 is 0. The maximum atomic E-state index is 11.8. The normalized spacial score (nSPS) is 10.2. The third-order valence-electron chi connectivity index (χ3n) is 3.53. The highest BCUT2D eigenvalue weighted by Gasteiger charge is 2.18. The first kappa shape index (κ1) is 17.5. The number of allylic oxidation sites excluding steroid dienone is 2. The van der Waals surface area contributed by atoms with Gasteiger partial charge in [-0.3, -0.25) is 0 Å². The molecule has 4 nitrogen and oxygen atoms in total. The Morgan fingerprint density at radius 2 is 1.96 bits per heavy atom. The number of carbonyl (C=O) groups excluding carboxylic acids is 1. The molecule has 1 aromatic heterocycles. The van der Waals surface area contributed by atoms with E-state index in [2.05, 4.69) is 19.7 Å². The largest absolute Gasteiger partial charge is 0.456 e. The van der Waals surface area contributed by atoms with Crippen molar-refractivity contribution in [3.63, 3.8) is 0 Å². The van der Waals surface area contributed by atoms with Crippen molar-refractivity contribution in [3.05, 3.63) is 79.3 Å². The van der Waals surface area contributed by atoms with Crippen LogP contribution in [0.1, 0.15) is 18.4 Å². The lowest BCUT2D eigenvalue weighted by atomic mass is 10.1. The van der Waals surface area contributed by atoms with Gasteiger partial charge in [-0.1, -0.05) is 49.1 Å². The van der Waals surface area contributed by atoms with Crippen LogP contribution in [0.15, 0.2) is 67.8 Å². The van der Waals surface area contributed by atoms with Crippen molar-refractivity contribution in [1.29, 1.82) is 0 Å². The molecule has 0 radical (unpaired) electrons. The number of rotatable bonds is 8. The molecule has 4 heteroatoms. The van der Waals surface area contributed by atoms with E-state index in [0.29, 0.717) is 18.5 Å². The van der Waals surface area contributed by atoms with E-state index in [1.807, 2.05) is 34.9 Å². The van der Waals surface area contributed by atoms with Gasteiger partial charge in [0, 0.05) is 24.1 Å². The zero-order chi connectivity index (χ0) is 17.5. The van der Waals surface area contributed by atoms with Gasteiger partial charge in [0.1, 0.15) is 12.4 Å². The fourth-order valence-electron chi connectivity index (χ4n) is 2.40. The van der Waals surface area contributed by atoms with Crippen LogP contribution in [-0.2, 0) is 29.1 Å². The average Bonchev–Trinajstić information content (AvgIpc) is 2.92. The summed E-state index contributed by atoms with van der Waals surface area (Å²) in [5.74, 6) is 0.454. The van der Waals surface area contributed by atoms with Crippen LogP contribution in [0, 0.1) is 0 Å². The van der Waals surface area contributed by atoms with Crippen LogP contribution in [0.3, 0.4) is 0 Å². The summed E-state index contributed by atoms with van der Waals surface area (Å²) in [5, 5.41) is 0. The van der Waals surface area contributed by atoms with E-state index in [0.717, 1.165) is 22.8 Å². The Kier molecular flexibility index (Phi) is 5.90. The summed E-state index contributed by atoms with van der Waals surface area (Å²) in [5.41, 5.74) is 3.00. The molecule has 24 heavy (non-hydrogen) atoms. The van der Waals surface area contributed by atoms with Crippen LogP contribution in [0.25, 0.3) is 11.3 Å². The van der Waals surface area contributed by atoms with E-state index < -0.39 is 5.97 Å². The Bertz CT molecular complexity index is 757. The molecule has 0 unspecified atom stereocenters. The van der Waals surface area contributed by atoms with Gasteiger partial charge in [-0.15, -0.1) is 13.2 Å². The predicted octanol–water partition coefficient (Wildman–Crippen LogP) is 4.08. The van der Waals surface area contributed by atoms with Crippen LogP contribution in [-0.4, -0.2) is 15.5 Å². The Morgan fingerprint density at radius 1 is 1.25 bits per heavy atom. The van der Waals surface area contributed by atoms with Crippen LogP contribution < -0.4 is 0 Å². The third kappa shape index (κ3) is 3.90. The molecule has 0 atom stereocenters. The smallest absolute Gasteiger partial charge is 0.333 e. The van der Waals surface area contributed by atoms with Crippen molar-refractivity contribution in [2.45, 2.75) is 26.5 Å². The van der Waals surface area contributed by atoms with E-state index >= 15 is 0 Å². The Hall–Kier alpha value is -2.88. The van der Waals surface area contributed by atoms with E-state index in [1.165, 1.54) is 0 Å². The van der Waals surface area contributed by atoms with Crippen molar-refractivity contribution in [2.75, 3.05) is 0 Å². The number of hydrogen-bond acceptors (Lipinski definition) is 3. The molecule has 0 amide bonds. The molecule has 0 spiro atoms.